The van der Waals surface area contributed by atoms with Crippen LogP contribution in [0.4, 0.5) is 0 Å². The van der Waals surface area contributed by atoms with Crippen LogP contribution in [0.1, 0.15) is 30.9 Å². The van der Waals surface area contributed by atoms with Crippen LogP contribution < -0.4 is 4.90 Å². The zero-order valence-electron chi connectivity index (χ0n) is 12.3. The van der Waals surface area contributed by atoms with Crippen molar-refractivity contribution in [2.24, 2.45) is 4.99 Å². The lowest BCUT2D eigenvalue weighted by Crippen LogP contribution is -3.14. The Kier molecular flexibility index (Phi) is 4.83. The van der Waals surface area contributed by atoms with Gasteiger partial charge in [0, 0.05) is 24.5 Å². The van der Waals surface area contributed by atoms with Crippen LogP contribution in [0.25, 0.3) is 0 Å². The molecule has 3 rings (SSSR count). The monoisotopic (exact) mass is 291 g/mol. The van der Waals surface area contributed by atoms with Crippen molar-refractivity contribution in [2.75, 3.05) is 39.4 Å². The minimum Gasteiger partial charge on any atom is -0.469 e. The molecular weight excluding hydrogens is 268 g/mol. The summed E-state index contributed by atoms with van der Waals surface area (Å²) in [6.45, 7) is 5.68. The van der Waals surface area contributed by atoms with E-state index in [0.717, 1.165) is 57.3 Å². The molecule has 0 bridgehead atoms. The predicted octanol–water partition coefficient (Wildman–Crippen LogP) is 0.472. The molecule has 1 aromatic heterocycles. The summed E-state index contributed by atoms with van der Waals surface area (Å²) in [6, 6.07) is 3.84. The standard InChI is InChI=1S/C16H22N2O3/c19-15-11-13(16-2-1-7-21-16)10-14(12-15)17-3-4-18-5-8-20-9-6-18/h1-2,7,13H,3-6,8-12H2/p+1/t13-/m0/s1. The molecule has 0 aromatic carbocycles. The van der Waals surface area contributed by atoms with E-state index in [2.05, 4.69) is 4.99 Å². The van der Waals surface area contributed by atoms with Gasteiger partial charge in [-0.15, -0.1) is 0 Å². The number of carbonyl (C=O) groups excluding carboxylic acids is 1. The molecule has 0 unspecified atom stereocenters. The van der Waals surface area contributed by atoms with Crippen molar-refractivity contribution >= 4 is 11.5 Å². The lowest BCUT2D eigenvalue weighted by Gasteiger charge is -2.24. The second-order valence-electron chi connectivity index (χ2n) is 5.90. The van der Waals surface area contributed by atoms with E-state index < -0.39 is 0 Å². The number of ketones is 1. The first-order valence-corrected chi connectivity index (χ1v) is 7.80. The minimum atomic E-state index is 0.177. The molecule has 1 saturated carbocycles. The smallest absolute Gasteiger partial charge is 0.139 e. The van der Waals surface area contributed by atoms with Crippen molar-refractivity contribution < 1.29 is 18.8 Å². The molecule has 1 aliphatic heterocycles. The quantitative estimate of drug-likeness (QED) is 0.877. The Bertz CT molecular complexity index is 490. The van der Waals surface area contributed by atoms with Crippen molar-refractivity contribution in [3.05, 3.63) is 24.2 Å². The number of hydrogen-bond acceptors (Lipinski definition) is 4. The van der Waals surface area contributed by atoms with Crippen molar-refractivity contribution in [3.63, 3.8) is 0 Å². The van der Waals surface area contributed by atoms with Crippen LogP contribution in [0.2, 0.25) is 0 Å². The van der Waals surface area contributed by atoms with Crippen LogP contribution in [0.3, 0.4) is 0 Å². The number of carbonyl (C=O) groups is 1. The molecule has 0 amide bonds. The van der Waals surface area contributed by atoms with Crippen molar-refractivity contribution in [1.82, 2.24) is 0 Å². The van der Waals surface area contributed by atoms with Gasteiger partial charge >= 0.3 is 0 Å². The van der Waals surface area contributed by atoms with Gasteiger partial charge in [-0.2, -0.15) is 0 Å². The SMILES string of the molecule is O=C1CC(=NCC[NH+]2CCOCC2)C[C@H](c2ccco2)C1. The van der Waals surface area contributed by atoms with Gasteiger partial charge in [-0.25, -0.2) is 0 Å². The number of ether oxygens (including phenoxy) is 1. The maximum absolute atomic E-state index is 11.9. The second-order valence-corrected chi connectivity index (χ2v) is 5.90. The largest absolute Gasteiger partial charge is 0.469 e. The van der Waals surface area contributed by atoms with Crippen LogP contribution in [0, 0.1) is 0 Å². The van der Waals surface area contributed by atoms with Crippen molar-refractivity contribution in [1.29, 1.82) is 0 Å². The summed E-state index contributed by atoms with van der Waals surface area (Å²) in [5, 5.41) is 0. The molecule has 5 heteroatoms. The Balaban J connectivity index is 1.53. The van der Waals surface area contributed by atoms with Crippen LogP contribution in [0.5, 0.6) is 0 Å². The Hall–Kier alpha value is -1.46. The highest BCUT2D eigenvalue weighted by Crippen LogP contribution is 2.29. The third-order valence-corrected chi connectivity index (χ3v) is 4.30. The number of quaternary nitrogens is 1. The molecule has 114 valence electrons. The van der Waals surface area contributed by atoms with Gasteiger partial charge in [0.05, 0.1) is 32.6 Å². The van der Waals surface area contributed by atoms with E-state index >= 15 is 0 Å². The van der Waals surface area contributed by atoms with Gasteiger partial charge in [-0.05, 0) is 18.6 Å². The number of nitrogens with one attached hydrogen (secondary N) is 1. The van der Waals surface area contributed by atoms with E-state index in [4.69, 9.17) is 9.15 Å². The van der Waals surface area contributed by atoms with Crippen LogP contribution in [-0.2, 0) is 9.53 Å². The summed E-state index contributed by atoms with van der Waals surface area (Å²) in [5.74, 6) is 1.37. The normalized spacial score (nSPS) is 26.4. The molecule has 1 saturated heterocycles. The molecule has 0 spiro atoms. The third kappa shape index (κ3) is 4.02. The zero-order chi connectivity index (χ0) is 14.5. The second kappa shape index (κ2) is 7.00. The molecule has 1 aromatic rings. The number of aliphatic imine (C=N–C) groups is 1. The average Bonchev–Trinajstić information content (AvgIpc) is 3.02. The molecule has 2 heterocycles. The number of hydrogen-bond donors (Lipinski definition) is 1. The highest BCUT2D eigenvalue weighted by molar-refractivity contribution is 6.04. The van der Waals surface area contributed by atoms with Gasteiger partial charge in [-0.1, -0.05) is 0 Å². The number of rotatable bonds is 4. The molecule has 1 aliphatic carbocycles. The van der Waals surface area contributed by atoms with Gasteiger partial charge in [0.2, 0.25) is 0 Å². The van der Waals surface area contributed by atoms with Gasteiger partial charge < -0.3 is 14.1 Å². The minimum absolute atomic E-state index is 0.177. The molecule has 21 heavy (non-hydrogen) atoms. The molecule has 1 N–H and O–H groups in total. The lowest BCUT2D eigenvalue weighted by atomic mass is 9.85. The maximum Gasteiger partial charge on any atom is 0.139 e. The average molecular weight is 291 g/mol. The summed E-state index contributed by atoms with van der Waals surface area (Å²) >= 11 is 0. The van der Waals surface area contributed by atoms with Crippen LogP contribution >= 0.6 is 0 Å². The summed E-state index contributed by atoms with van der Waals surface area (Å²) in [7, 11) is 0. The zero-order valence-corrected chi connectivity index (χ0v) is 12.3. The summed E-state index contributed by atoms with van der Waals surface area (Å²) < 4.78 is 10.8. The molecule has 2 aliphatic rings. The Labute approximate surface area is 125 Å². The van der Waals surface area contributed by atoms with Crippen molar-refractivity contribution in [2.45, 2.75) is 25.2 Å². The van der Waals surface area contributed by atoms with Crippen LogP contribution in [0.15, 0.2) is 27.8 Å². The fourth-order valence-corrected chi connectivity index (χ4v) is 3.13. The number of morpholine rings is 1. The fraction of sp³-hybridized carbons (Fsp3) is 0.625. The Morgan fingerprint density at radius 3 is 2.90 bits per heavy atom. The molecule has 5 nitrogen and oxygen atoms in total. The first-order valence-electron chi connectivity index (χ1n) is 7.80. The predicted molar refractivity (Wildman–Crippen MR) is 79.0 cm³/mol. The van der Waals surface area contributed by atoms with E-state index in [1.807, 2.05) is 12.1 Å². The van der Waals surface area contributed by atoms with Crippen LogP contribution in [-0.4, -0.2) is 50.9 Å². The maximum atomic E-state index is 11.9. The van der Waals surface area contributed by atoms with Gasteiger partial charge in [-0.3, -0.25) is 9.79 Å². The molecule has 1 atom stereocenters. The van der Waals surface area contributed by atoms with Gasteiger partial charge in [0.25, 0.3) is 0 Å². The topological polar surface area (TPSA) is 56.2 Å². The first-order chi connectivity index (χ1) is 10.3. The van der Waals surface area contributed by atoms with E-state index in [-0.39, 0.29) is 11.7 Å². The highest BCUT2D eigenvalue weighted by Gasteiger charge is 2.27. The Morgan fingerprint density at radius 2 is 2.14 bits per heavy atom. The number of Topliss-reactive ketones (excluding diaryl/α,β-unsaturated/α-hetero) is 1. The highest BCUT2D eigenvalue weighted by atomic mass is 16.5. The third-order valence-electron chi connectivity index (χ3n) is 4.30. The lowest BCUT2D eigenvalue weighted by molar-refractivity contribution is -0.906. The number of nitrogens with zero attached hydrogens (tertiary/aromatic N) is 1. The Morgan fingerprint density at radius 1 is 1.29 bits per heavy atom. The summed E-state index contributed by atoms with van der Waals surface area (Å²) in [6.07, 6.45) is 3.64. The fourth-order valence-electron chi connectivity index (χ4n) is 3.13. The molecular formula is C16H23N2O3+. The summed E-state index contributed by atoms with van der Waals surface area (Å²) in [4.78, 5) is 18.1. The summed E-state index contributed by atoms with van der Waals surface area (Å²) in [5.41, 5.74) is 1.04. The van der Waals surface area contributed by atoms with Gasteiger partial charge in [0.1, 0.15) is 24.6 Å². The van der Waals surface area contributed by atoms with E-state index in [1.54, 1.807) is 11.2 Å². The van der Waals surface area contributed by atoms with E-state index in [9.17, 15) is 4.79 Å². The van der Waals surface area contributed by atoms with Crippen molar-refractivity contribution in [3.8, 4) is 0 Å². The molecule has 2 fully saturated rings. The van der Waals surface area contributed by atoms with Gasteiger partial charge in [0.15, 0.2) is 0 Å². The molecule has 0 radical (unpaired) electrons. The first kappa shape index (κ1) is 14.5. The van der Waals surface area contributed by atoms with E-state index in [1.165, 1.54) is 0 Å². The number of furan rings is 1. The van der Waals surface area contributed by atoms with E-state index in [0.29, 0.717) is 12.8 Å².